The summed E-state index contributed by atoms with van der Waals surface area (Å²) in [5, 5.41) is 12.1. The lowest BCUT2D eigenvalue weighted by molar-refractivity contribution is 0.318. The molecular formula is C14H18N2O3S. The second kappa shape index (κ2) is 5.09. The molecule has 1 fully saturated rings. The predicted octanol–water partition coefficient (Wildman–Crippen LogP) is 2.35. The molecule has 2 aliphatic rings. The number of sulfonamides is 1. The smallest absolute Gasteiger partial charge is 0.238 e. The first kappa shape index (κ1) is 13.4. The maximum absolute atomic E-state index is 12.8. The minimum Gasteiger partial charge on any atom is -0.411 e. The average Bonchev–Trinajstić information content (AvgIpc) is 3.01. The molecule has 1 N–H and O–H groups in total. The van der Waals surface area contributed by atoms with Crippen molar-refractivity contribution in [3.63, 3.8) is 0 Å². The van der Waals surface area contributed by atoms with E-state index < -0.39 is 10.0 Å². The Kier molecular flexibility index (Phi) is 3.41. The maximum Gasteiger partial charge on any atom is 0.238 e. The van der Waals surface area contributed by atoms with Gasteiger partial charge in [0.05, 0.1) is 16.6 Å². The van der Waals surface area contributed by atoms with Crippen LogP contribution in [0, 0.1) is 0 Å². The van der Waals surface area contributed by atoms with E-state index in [1.54, 1.807) is 12.1 Å². The van der Waals surface area contributed by atoms with Gasteiger partial charge in [0.25, 0.3) is 0 Å². The van der Waals surface area contributed by atoms with Crippen molar-refractivity contribution in [2.45, 2.75) is 37.4 Å². The fourth-order valence-corrected chi connectivity index (χ4v) is 5.20. The lowest BCUT2D eigenvalue weighted by Crippen LogP contribution is -2.42. The summed E-state index contributed by atoms with van der Waals surface area (Å²) in [4.78, 5) is 0. The van der Waals surface area contributed by atoms with Crippen LogP contribution in [-0.2, 0) is 10.0 Å². The van der Waals surface area contributed by atoms with Crippen LogP contribution in [0.3, 0.4) is 0 Å². The highest BCUT2D eigenvalue weighted by Gasteiger charge is 2.37. The van der Waals surface area contributed by atoms with Crippen molar-refractivity contribution in [2.75, 3.05) is 10.8 Å². The van der Waals surface area contributed by atoms with Crippen LogP contribution in [0.1, 0.15) is 37.7 Å². The van der Waals surface area contributed by atoms with Gasteiger partial charge < -0.3 is 5.21 Å². The molecule has 0 aromatic heterocycles. The van der Waals surface area contributed by atoms with E-state index in [1.165, 1.54) is 4.31 Å². The van der Waals surface area contributed by atoms with Gasteiger partial charge >= 0.3 is 0 Å². The largest absolute Gasteiger partial charge is 0.411 e. The van der Waals surface area contributed by atoms with E-state index in [-0.39, 0.29) is 5.25 Å². The Morgan fingerprint density at radius 1 is 1.20 bits per heavy atom. The summed E-state index contributed by atoms with van der Waals surface area (Å²) in [5.74, 6) is 0. The van der Waals surface area contributed by atoms with Crippen LogP contribution in [0.2, 0.25) is 0 Å². The molecule has 108 valence electrons. The minimum absolute atomic E-state index is 0.261. The Morgan fingerprint density at radius 2 is 1.90 bits per heavy atom. The number of fused-ring (bicyclic) bond motifs is 1. The van der Waals surface area contributed by atoms with Crippen molar-refractivity contribution in [3.8, 4) is 0 Å². The summed E-state index contributed by atoms with van der Waals surface area (Å²) in [7, 11) is -3.31. The Morgan fingerprint density at radius 3 is 2.60 bits per heavy atom. The molecule has 0 bridgehead atoms. The van der Waals surface area contributed by atoms with Crippen LogP contribution >= 0.6 is 0 Å². The Labute approximate surface area is 119 Å². The molecule has 0 atom stereocenters. The van der Waals surface area contributed by atoms with Crippen molar-refractivity contribution in [2.24, 2.45) is 5.16 Å². The third-order valence-electron chi connectivity index (χ3n) is 4.19. The van der Waals surface area contributed by atoms with E-state index in [9.17, 15) is 8.42 Å². The number of benzene rings is 1. The fourth-order valence-electron chi connectivity index (χ4n) is 3.13. The van der Waals surface area contributed by atoms with Gasteiger partial charge in [0.2, 0.25) is 10.0 Å². The molecule has 1 heterocycles. The van der Waals surface area contributed by atoms with E-state index in [0.717, 1.165) is 25.7 Å². The van der Waals surface area contributed by atoms with Gasteiger partial charge in [-0.3, -0.25) is 4.31 Å². The van der Waals surface area contributed by atoms with Gasteiger partial charge in [-0.15, -0.1) is 0 Å². The highest BCUT2D eigenvalue weighted by atomic mass is 32.2. The van der Waals surface area contributed by atoms with Crippen LogP contribution < -0.4 is 4.31 Å². The van der Waals surface area contributed by atoms with Crippen molar-refractivity contribution in [3.05, 3.63) is 29.8 Å². The van der Waals surface area contributed by atoms with E-state index in [2.05, 4.69) is 5.16 Å². The number of hydrogen-bond donors (Lipinski definition) is 1. The van der Waals surface area contributed by atoms with Crippen LogP contribution in [-0.4, -0.2) is 31.1 Å². The summed E-state index contributed by atoms with van der Waals surface area (Å²) in [6, 6.07) is 7.24. The molecule has 5 nitrogen and oxygen atoms in total. The average molecular weight is 294 g/mol. The van der Waals surface area contributed by atoms with E-state index in [1.807, 2.05) is 12.1 Å². The number of para-hydroxylation sites is 1. The molecule has 0 amide bonds. The third-order valence-corrected chi connectivity index (χ3v) is 6.49. The minimum atomic E-state index is -3.31. The highest BCUT2D eigenvalue weighted by Crippen LogP contribution is 2.34. The topological polar surface area (TPSA) is 70.0 Å². The standard InChI is InChI=1S/C14H18N2O3S/c17-15-13-9-10-16(14-8-4-3-7-12(13)14)20(18,19)11-5-1-2-6-11/h3-4,7-8,11,17H,1-2,5-6,9-10H2/b15-13-. The Hall–Kier alpha value is -1.56. The zero-order chi connectivity index (χ0) is 14.2. The monoisotopic (exact) mass is 294 g/mol. The Balaban J connectivity index is 2.04. The SMILES string of the molecule is O=S(=O)(C1CCCC1)N1CC/C(=N/O)c2ccccc21. The molecule has 3 rings (SSSR count). The summed E-state index contributed by atoms with van der Waals surface area (Å²) in [6.45, 7) is 0.356. The molecule has 0 saturated heterocycles. The second-order valence-electron chi connectivity index (χ2n) is 5.34. The van der Waals surface area contributed by atoms with Gasteiger partial charge in [-0.05, 0) is 18.9 Å². The van der Waals surface area contributed by atoms with Gasteiger partial charge in [0.15, 0.2) is 0 Å². The van der Waals surface area contributed by atoms with Gasteiger partial charge in [-0.2, -0.15) is 0 Å². The van der Waals surface area contributed by atoms with Gasteiger partial charge in [0, 0.05) is 18.5 Å². The van der Waals surface area contributed by atoms with E-state index >= 15 is 0 Å². The summed E-state index contributed by atoms with van der Waals surface area (Å²) in [5.41, 5.74) is 1.90. The molecule has 1 aromatic rings. The van der Waals surface area contributed by atoms with Gasteiger partial charge in [-0.25, -0.2) is 8.42 Å². The number of nitrogens with zero attached hydrogens (tertiary/aromatic N) is 2. The highest BCUT2D eigenvalue weighted by molar-refractivity contribution is 7.93. The molecule has 1 aliphatic carbocycles. The molecule has 0 radical (unpaired) electrons. The van der Waals surface area contributed by atoms with Crippen LogP contribution in [0.4, 0.5) is 5.69 Å². The van der Waals surface area contributed by atoms with E-state index in [0.29, 0.717) is 29.9 Å². The normalized spacial score (nSPS) is 22.2. The summed E-state index contributed by atoms with van der Waals surface area (Å²) < 4.78 is 27.0. The molecule has 1 aromatic carbocycles. The number of oxime groups is 1. The predicted molar refractivity (Wildman–Crippen MR) is 77.9 cm³/mol. The molecule has 6 heteroatoms. The number of anilines is 1. The van der Waals surface area contributed by atoms with Crippen molar-refractivity contribution in [1.82, 2.24) is 0 Å². The first-order valence-electron chi connectivity index (χ1n) is 6.96. The number of hydrogen-bond acceptors (Lipinski definition) is 4. The lowest BCUT2D eigenvalue weighted by atomic mass is 10.0. The van der Waals surface area contributed by atoms with E-state index in [4.69, 9.17) is 5.21 Å². The van der Waals surface area contributed by atoms with Crippen molar-refractivity contribution in [1.29, 1.82) is 0 Å². The fraction of sp³-hybridized carbons (Fsp3) is 0.500. The second-order valence-corrected chi connectivity index (χ2v) is 7.47. The molecule has 1 aliphatic heterocycles. The quantitative estimate of drug-likeness (QED) is 0.672. The molecule has 20 heavy (non-hydrogen) atoms. The molecule has 0 unspecified atom stereocenters. The van der Waals surface area contributed by atoms with Crippen LogP contribution in [0.15, 0.2) is 29.4 Å². The lowest BCUT2D eigenvalue weighted by Gasteiger charge is -2.32. The number of rotatable bonds is 2. The summed E-state index contributed by atoms with van der Waals surface area (Å²) >= 11 is 0. The van der Waals surface area contributed by atoms with Crippen LogP contribution in [0.25, 0.3) is 0 Å². The third kappa shape index (κ3) is 2.08. The maximum atomic E-state index is 12.8. The molecule has 0 spiro atoms. The van der Waals surface area contributed by atoms with Crippen LogP contribution in [0.5, 0.6) is 0 Å². The molecule has 1 saturated carbocycles. The first-order valence-corrected chi connectivity index (χ1v) is 8.47. The molecular weight excluding hydrogens is 276 g/mol. The zero-order valence-electron chi connectivity index (χ0n) is 11.2. The first-order chi connectivity index (χ1) is 9.64. The van der Waals surface area contributed by atoms with Crippen molar-refractivity contribution >= 4 is 21.4 Å². The van der Waals surface area contributed by atoms with Gasteiger partial charge in [-0.1, -0.05) is 36.2 Å². The summed E-state index contributed by atoms with van der Waals surface area (Å²) in [6.07, 6.45) is 3.93. The zero-order valence-corrected chi connectivity index (χ0v) is 12.0. The van der Waals surface area contributed by atoms with Crippen molar-refractivity contribution < 1.29 is 13.6 Å². The Bertz CT molecular complexity index is 634. The van der Waals surface area contributed by atoms with Gasteiger partial charge in [0.1, 0.15) is 0 Å².